The Labute approximate surface area is 191 Å². The van der Waals surface area contributed by atoms with E-state index in [1.54, 1.807) is 19.2 Å². The van der Waals surface area contributed by atoms with Gasteiger partial charge in [0.25, 0.3) is 0 Å². The molecule has 2 aromatic carbocycles. The van der Waals surface area contributed by atoms with Crippen molar-refractivity contribution < 1.29 is 23.5 Å². The molecule has 1 aromatic heterocycles. The fourth-order valence-electron chi connectivity index (χ4n) is 3.65. The van der Waals surface area contributed by atoms with Crippen LogP contribution in [0.25, 0.3) is 0 Å². The van der Waals surface area contributed by atoms with Gasteiger partial charge in [0.05, 0.1) is 0 Å². The molecule has 3 aromatic rings. The molecule has 3 rings (SSSR count). The van der Waals surface area contributed by atoms with E-state index in [9.17, 15) is 14.4 Å². The van der Waals surface area contributed by atoms with E-state index >= 15 is 4.39 Å². The zero-order valence-electron chi connectivity index (χ0n) is 18.8. The van der Waals surface area contributed by atoms with Crippen molar-refractivity contribution in [3.8, 4) is 5.75 Å². The van der Waals surface area contributed by atoms with E-state index in [0.717, 1.165) is 11.1 Å². The van der Waals surface area contributed by atoms with Gasteiger partial charge in [-0.3, -0.25) is 14.4 Å². The van der Waals surface area contributed by atoms with E-state index in [1.807, 2.05) is 31.2 Å². The van der Waals surface area contributed by atoms with E-state index in [1.165, 1.54) is 35.9 Å². The summed E-state index contributed by atoms with van der Waals surface area (Å²) in [5.41, 5.74) is 2.34. The van der Waals surface area contributed by atoms with Crippen molar-refractivity contribution in [3.05, 3.63) is 99.2 Å². The van der Waals surface area contributed by atoms with Crippen molar-refractivity contribution in [2.75, 3.05) is 13.2 Å². The minimum atomic E-state index is -0.522. The second-order valence-electron chi connectivity index (χ2n) is 7.78. The van der Waals surface area contributed by atoms with Gasteiger partial charge in [-0.1, -0.05) is 30.3 Å². The summed E-state index contributed by atoms with van der Waals surface area (Å²) >= 11 is 0. The Morgan fingerprint density at radius 3 is 2.45 bits per heavy atom. The molecule has 0 fully saturated rings. The molecule has 0 radical (unpaired) electrons. The molecule has 0 aliphatic heterocycles. The third-order valence-electron chi connectivity index (χ3n) is 5.37. The first-order chi connectivity index (χ1) is 15.8. The number of hydrogen-bond acceptors (Lipinski definition) is 5. The van der Waals surface area contributed by atoms with Gasteiger partial charge in [0.15, 0.2) is 5.78 Å². The number of carbonyl (C=O) groups excluding carboxylic acids is 2. The zero-order chi connectivity index (χ0) is 24.0. The lowest BCUT2D eigenvalue weighted by molar-refractivity contribution is -0.141. The number of hydrogen-bond donors (Lipinski definition) is 0. The number of esters is 1. The molecular formula is C26H26FNO5. The molecule has 0 N–H and O–H groups in total. The smallest absolute Gasteiger partial charge is 0.302 e. The summed E-state index contributed by atoms with van der Waals surface area (Å²) in [6.07, 6.45) is 1.53. The van der Waals surface area contributed by atoms with Crippen LogP contribution in [0.5, 0.6) is 5.75 Å². The van der Waals surface area contributed by atoms with Gasteiger partial charge in [0.1, 0.15) is 24.8 Å². The summed E-state index contributed by atoms with van der Waals surface area (Å²) in [7, 11) is 1.58. The lowest BCUT2D eigenvalue weighted by Gasteiger charge is -2.21. The van der Waals surface area contributed by atoms with E-state index in [4.69, 9.17) is 9.47 Å². The topological polar surface area (TPSA) is 74.6 Å². The summed E-state index contributed by atoms with van der Waals surface area (Å²) in [4.78, 5) is 35.6. The molecule has 0 bridgehead atoms. The fourth-order valence-corrected chi connectivity index (χ4v) is 3.65. The Morgan fingerprint density at radius 2 is 1.79 bits per heavy atom. The third kappa shape index (κ3) is 6.16. The lowest BCUT2D eigenvalue weighted by Crippen LogP contribution is -2.18. The lowest BCUT2D eigenvalue weighted by atomic mass is 9.83. The first-order valence-corrected chi connectivity index (χ1v) is 10.6. The molecule has 0 amide bonds. The molecule has 33 heavy (non-hydrogen) atoms. The third-order valence-corrected chi connectivity index (χ3v) is 5.37. The molecule has 0 spiro atoms. The largest absolute Gasteiger partial charge is 0.490 e. The number of pyridine rings is 1. The number of aryl methyl sites for hydroxylation is 2. The van der Waals surface area contributed by atoms with Crippen molar-refractivity contribution >= 4 is 11.8 Å². The standard InChI is InChI=1S/C26H26FNO5/c1-17-6-4-5-7-21(17)23(15-25(30)19-8-11-26(31)28(3)16-19)22-10-9-20(14-24(22)27)33-13-12-32-18(2)29/h4-11,14,16,23H,12-13,15H2,1-3H3. The maximum Gasteiger partial charge on any atom is 0.302 e. The Balaban J connectivity index is 1.89. The first kappa shape index (κ1) is 23.9. The van der Waals surface area contributed by atoms with Crippen LogP contribution in [0, 0.1) is 12.7 Å². The van der Waals surface area contributed by atoms with Crippen molar-refractivity contribution in [2.24, 2.45) is 7.05 Å². The van der Waals surface area contributed by atoms with Gasteiger partial charge in [-0.25, -0.2) is 4.39 Å². The number of ketones is 1. The number of halogens is 1. The van der Waals surface area contributed by atoms with Crippen LogP contribution in [0.2, 0.25) is 0 Å². The summed E-state index contributed by atoms with van der Waals surface area (Å²) in [5, 5.41) is 0. The highest BCUT2D eigenvalue weighted by Crippen LogP contribution is 2.34. The van der Waals surface area contributed by atoms with Gasteiger partial charge in [0.2, 0.25) is 5.56 Å². The average molecular weight is 451 g/mol. The number of rotatable bonds is 9. The average Bonchev–Trinajstić information content (AvgIpc) is 2.77. The van der Waals surface area contributed by atoms with E-state index in [-0.39, 0.29) is 31.0 Å². The highest BCUT2D eigenvalue weighted by molar-refractivity contribution is 5.96. The van der Waals surface area contributed by atoms with E-state index in [2.05, 4.69) is 0 Å². The maximum atomic E-state index is 15.2. The molecule has 0 saturated heterocycles. The van der Waals surface area contributed by atoms with Gasteiger partial charge in [0, 0.05) is 50.2 Å². The van der Waals surface area contributed by atoms with Crippen molar-refractivity contribution in [1.29, 1.82) is 0 Å². The monoisotopic (exact) mass is 451 g/mol. The highest BCUT2D eigenvalue weighted by atomic mass is 19.1. The van der Waals surface area contributed by atoms with Crippen molar-refractivity contribution in [3.63, 3.8) is 0 Å². The predicted octanol–water partition coefficient (Wildman–Crippen LogP) is 4.18. The summed E-state index contributed by atoms with van der Waals surface area (Å²) < 4.78 is 26.8. The zero-order valence-corrected chi connectivity index (χ0v) is 18.8. The van der Waals surface area contributed by atoms with Crippen LogP contribution < -0.4 is 10.3 Å². The van der Waals surface area contributed by atoms with Crippen LogP contribution in [0.3, 0.4) is 0 Å². The van der Waals surface area contributed by atoms with Gasteiger partial charge in [-0.05, 0) is 35.7 Å². The highest BCUT2D eigenvalue weighted by Gasteiger charge is 2.24. The molecule has 1 unspecified atom stereocenters. The number of benzene rings is 2. The molecule has 0 aliphatic rings. The molecule has 0 aliphatic carbocycles. The molecule has 172 valence electrons. The summed E-state index contributed by atoms with van der Waals surface area (Å²) in [6, 6.07) is 14.9. The minimum Gasteiger partial charge on any atom is -0.490 e. The molecule has 1 heterocycles. The number of Topliss-reactive ketones (excluding diaryl/α,β-unsaturated/α-hetero) is 1. The van der Waals surface area contributed by atoms with Crippen LogP contribution in [0.15, 0.2) is 65.6 Å². The quantitative estimate of drug-likeness (QED) is 0.277. The Bertz CT molecular complexity index is 1220. The van der Waals surface area contributed by atoms with Gasteiger partial charge in [-0.15, -0.1) is 0 Å². The normalized spacial score (nSPS) is 11.6. The van der Waals surface area contributed by atoms with Crippen molar-refractivity contribution in [2.45, 2.75) is 26.2 Å². The van der Waals surface area contributed by atoms with Crippen LogP contribution in [-0.4, -0.2) is 29.5 Å². The Kier molecular flexibility index (Phi) is 7.77. The van der Waals surface area contributed by atoms with E-state index < -0.39 is 17.7 Å². The van der Waals surface area contributed by atoms with Crippen LogP contribution in [0.4, 0.5) is 4.39 Å². The van der Waals surface area contributed by atoms with Gasteiger partial charge >= 0.3 is 5.97 Å². The van der Waals surface area contributed by atoms with Gasteiger partial charge < -0.3 is 14.0 Å². The van der Waals surface area contributed by atoms with Gasteiger partial charge in [-0.2, -0.15) is 0 Å². The SMILES string of the molecule is CC(=O)OCCOc1ccc(C(CC(=O)c2ccc(=O)n(C)c2)c2ccccc2C)c(F)c1. The predicted molar refractivity (Wildman–Crippen MR) is 122 cm³/mol. The second kappa shape index (κ2) is 10.7. The molecular weight excluding hydrogens is 425 g/mol. The number of carbonyl (C=O) groups is 2. The Morgan fingerprint density at radius 1 is 1.03 bits per heavy atom. The number of nitrogens with zero attached hydrogens (tertiary/aromatic N) is 1. The van der Waals surface area contributed by atoms with E-state index in [0.29, 0.717) is 16.9 Å². The molecule has 0 saturated carbocycles. The first-order valence-electron chi connectivity index (χ1n) is 10.6. The fraction of sp³-hybridized carbons (Fsp3) is 0.269. The number of ether oxygens (including phenoxy) is 2. The summed E-state index contributed by atoms with van der Waals surface area (Å²) in [6.45, 7) is 3.39. The number of aromatic nitrogens is 1. The van der Waals surface area contributed by atoms with Crippen LogP contribution >= 0.6 is 0 Å². The van der Waals surface area contributed by atoms with Crippen molar-refractivity contribution in [1.82, 2.24) is 4.57 Å². The van der Waals surface area contributed by atoms with Crippen LogP contribution in [-0.2, 0) is 16.6 Å². The maximum absolute atomic E-state index is 15.2. The Hall–Kier alpha value is -3.74. The molecule has 7 heteroatoms. The molecule has 1 atom stereocenters. The summed E-state index contributed by atoms with van der Waals surface area (Å²) in [5.74, 6) is -1.33. The van der Waals surface area contributed by atoms with Crippen LogP contribution in [0.1, 0.15) is 46.3 Å². The molecule has 6 nitrogen and oxygen atoms in total. The minimum absolute atomic E-state index is 0.0344. The second-order valence-corrected chi connectivity index (χ2v) is 7.78.